The molecule has 20 N–H and O–H groups in total. The molecule has 0 saturated carbocycles. The van der Waals surface area contributed by atoms with Crippen molar-refractivity contribution in [2.75, 3.05) is 13.6 Å². The number of nitrogens with one attached hydrogen (secondary N) is 16. The van der Waals surface area contributed by atoms with E-state index in [4.69, 9.17) is 11.5 Å². The summed E-state index contributed by atoms with van der Waals surface area (Å²) in [4.78, 5) is 216. The standard InChI is InChI=1S/C49H84N18O17/c1-21(2)17-32(20-71)63-37(67-48(83)36(65-38(73)23(4)50)62-31(19-70)13-14-33(51)72)49(84)66-35(54-22(3)18-69)47(82)61-29(10)44(79)59-30(11)45(80)64-34(53-15-16-68)46(81)60-28(9)43(78)58-27(8)42(77)57-26(7)41(76)56-25(6)40(75)55-24(5)39(74)52-12/h16,18-32,34-37,53-54,62-63H,13-15,17,50H2,1-12H3,(H2,51,72)(H,52,74)(H,55,75)(H,56,76)(H,57,77)(H,58,78)(H,59,79)(H,60,81)(H,61,82)(H,64,80)(H,65,73)(H,66,84)(H,67,83)/t22-,23-,24-,25-,26-,27-,28-,29-,30-,31+,32+,34+,35+,36+,37+/m0/s1. The quantitative estimate of drug-likeness (QED) is 0.0200. The molecular formula is C49H84N18O17. The van der Waals surface area contributed by atoms with E-state index in [1.54, 1.807) is 13.8 Å². The van der Waals surface area contributed by atoms with Gasteiger partial charge in [0.2, 0.25) is 53.2 Å². The Morgan fingerprint density at radius 1 is 0.381 bits per heavy atom. The highest BCUT2D eigenvalue weighted by molar-refractivity contribution is 5.99. The molecule has 0 fully saturated rings. The van der Waals surface area contributed by atoms with Crippen molar-refractivity contribution >= 4 is 102 Å². The SMILES string of the molecule is CNC(=O)[C@H](C)NC(=O)[C@H](C)NC(=O)[C@H](C)NC(=O)[C@H](C)NC(=O)[C@H](C)NC(=O)[C@H](NCC=O)NC(=O)[C@H](C)NC(=O)[C@H](C)NC(=O)[C@@H](NC(=O)[C@@H](NC(=O)[C@@H](NC(=O)[C@H](C)N)N[C@@H](C=O)CCC(N)=O)N[C@@H](C=O)CC(C)C)N[C@@H](C)C=O. The molecule has 0 aliphatic rings. The van der Waals surface area contributed by atoms with Crippen LogP contribution in [0.5, 0.6) is 0 Å². The Morgan fingerprint density at radius 2 is 0.690 bits per heavy atom. The van der Waals surface area contributed by atoms with E-state index in [1.165, 1.54) is 62.4 Å². The predicted molar refractivity (Wildman–Crippen MR) is 295 cm³/mol. The molecule has 0 aromatic heterocycles. The maximum Gasteiger partial charge on any atom is 0.259 e. The second kappa shape index (κ2) is 38.4. The minimum absolute atomic E-state index is 0.103. The summed E-state index contributed by atoms with van der Waals surface area (Å²) < 4.78 is 0. The predicted octanol–water partition coefficient (Wildman–Crippen LogP) is -10.0. The molecule has 0 radical (unpaired) electrons. The summed E-state index contributed by atoms with van der Waals surface area (Å²) in [5, 5.41) is 38.0. The highest BCUT2D eigenvalue weighted by Gasteiger charge is 2.35. The third-order valence-electron chi connectivity index (χ3n) is 11.7. The average Bonchev–Trinajstić information content (AvgIpc) is 3.44. The van der Waals surface area contributed by atoms with Gasteiger partial charge in [0.25, 0.3) is 23.6 Å². The second-order valence-electron chi connectivity index (χ2n) is 19.9. The van der Waals surface area contributed by atoms with Gasteiger partial charge < -0.3 is 94.4 Å². The third kappa shape index (κ3) is 28.5. The van der Waals surface area contributed by atoms with Gasteiger partial charge in [-0.25, -0.2) is 0 Å². The molecule has 84 heavy (non-hydrogen) atoms. The van der Waals surface area contributed by atoms with E-state index < -0.39 is 174 Å². The molecule has 472 valence electrons. The number of aldehydes is 4. The molecule has 0 aromatic carbocycles. The monoisotopic (exact) mass is 1200 g/mol. The fourth-order valence-electron chi connectivity index (χ4n) is 6.77. The molecule has 0 aliphatic carbocycles. The summed E-state index contributed by atoms with van der Waals surface area (Å²) in [7, 11) is 1.38. The molecule has 0 heterocycles. The summed E-state index contributed by atoms with van der Waals surface area (Å²) in [6.45, 7) is 14.4. The first kappa shape index (κ1) is 75.6. The third-order valence-corrected chi connectivity index (χ3v) is 11.7. The van der Waals surface area contributed by atoms with E-state index in [0.29, 0.717) is 25.1 Å². The second-order valence-corrected chi connectivity index (χ2v) is 19.9. The number of rotatable bonds is 40. The fraction of sp³-hybridized carbons (Fsp3) is 0.653. The minimum Gasteiger partial charge on any atom is -0.370 e. The van der Waals surface area contributed by atoms with Crippen LogP contribution in [-0.4, -0.2) is 207 Å². The van der Waals surface area contributed by atoms with Crippen LogP contribution in [0.2, 0.25) is 0 Å². The van der Waals surface area contributed by atoms with E-state index in [1.807, 2.05) is 0 Å². The number of hydrogen-bond acceptors (Lipinski definition) is 22. The van der Waals surface area contributed by atoms with Crippen molar-refractivity contribution in [1.82, 2.24) is 85.1 Å². The first-order valence-corrected chi connectivity index (χ1v) is 26.6. The van der Waals surface area contributed by atoms with E-state index >= 15 is 0 Å². The smallest absolute Gasteiger partial charge is 0.259 e. The van der Waals surface area contributed by atoms with Gasteiger partial charge in [0.1, 0.15) is 67.4 Å². The highest BCUT2D eigenvalue weighted by Crippen LogP contribution is 2.05. The summed E-state index contributed by atoms with van der Waals surface area (Å²) in [5.41, 5.74) is 10.9. The van der Waals surface area contributed by atoms with Crippen molar-refractivity contribution in [3.8, 4) is 0 Å². The molecule has 0 unspecified atom stereocenters. The molecule has 0 bridgehead atoms. The van der Waals surface area contributed by atoms with Crippen LogP contribution < -0.4 is 96.5 Å². The Morgan fingerprint density at radius 3 is 1.02 bits per heavy atom. The van der Waals surface area contributed by atoms with Crippen molar-refractivity contribution < 1.29 is 81.5 Å². The van der Waals surface area contributed by atoms with Crippen LogP contribution in [-0.2, 0) is 81.5 Å². The van der Waals surface area contributed by atoms with Crippen LogP contribution in [0.25, 0.3) is 0 Å². The molecule has 35 heteroatoms. The number of amides is 13. The van der Waals surface area contributed by atoms with Gasteiger partial charge >= 0.3 is 0 Å². The van der Waals surface area contributed by atoms with Gasteiger partial charge in [-0.3, -0.25) is 83.6 Å². The zero-order chi connectivity index (χ0) is 64.7. The van der Waals surface area contributed by atoms with E-state index in [-0.39, 0.29) is 25.2 Å². The van der Waals surface area contributed by atoms with Crippen molar-refractivity contribution in [3.05, 3.63) is 0 Å². The van der Waals surface area contributed by atoms with Crippen molar-refractivity contribution in [2.24, 2.45) is 17.4 Å². The highest BCUT2D eigenvalue weighted by atomic mass is 16.2. The average molecular weight is 1200 g/mol. The molecule has 35 nitrogen and oxygen atoms in total. The Kier molecular flexibility index (Phi) is 34.5. The number of carbonyl (C=O) groups excluding carboxylic acids is 17. The fourth-order valence-corrected chi connectivity index (χ4v) is 6.77. The van der Waals surface area contributed by atoms with Crippen LogP contribution >= 0.6 is 0 Å². The lowest BCUT2D eigenvalue weighted by Crippen LogP contribution is -2.68. The number of nitrogens with two attached hydrogens (primary N) is 2. The van der Waals surface area contributed by atoms with E-state index in [2.05, 4.69) is 85.1 Å². The van der Waals surface area contributed by atoms with Crippen LogP contribution in [0, 0.1) is 5.92 Å². The molecule has 0 rings (SSSR count). The lowest BCUT2D eigenvalue weighted by molar-refractivity contribution is -0.137. The summed E-state index contributed by atoms with van der Waals surface area (Å²) in [6.07, 6.45) is -6.35. The Bertz CT molecular complexity index is 2360. The molecule has 0 saturated heterocycles. The van der Waals surface area contributed by atoms with E-state index in [0.717, 1.165) is 6.92 Å². The Balaban J connectivity index is 6.16. The van der Waals surface area contributed by atoms with Gasteiger partial charge in [-0.2, -0.15) is 0 Å². The summed E-state index contributed by atoms with van der Waals surface area (Å²) in [6, 6.07) is -13.7. The maximum absolute atomic E-state index is 14.1. The topological polar surface area (TPSA) is 535 Å². The largest absolute Gasteiger partial charge is 0.370 e. The van der Waals surface area contributed by atoms with Crippen LogP contribution in [0.1, 0.15) is 95.4 Å². The maximum atomic E-state index is 14.1. The summed E-state index contributed by atoms with van der Waals surface area (Å²) >= 11 is 0. The van der Waals surface area contributed by atoms with Crippen LogP contribution in [0.15, 0.2) is 0 Å². The Hall–Kier alpha value is -8.41. The first-order valence-electron chi connectivity index (χ1n) is 26.6. The molecule has 0 spiro atoms. The zero-order valence-corrected chi connectivity index (χ0v) is 49.0. The van der Waals surface area contributed by atoms with Gasteiger partial charge in [-0.1, -0.05) is 13.8 Å². The lowest BCUT2D eigenvalue weighted by Gasteiger charge is -2.30. The van der Waals surface area contributed by atoms with Gasteiger partial charge in [-0.15, -0.1) is 0 Å². The van der Waals surface area contributed by atoms with Crippen molar-refractivity contribution in [3.63, 3.8) is 0 Å². The molecule has 15 atom stereocenters. The molecule has 0 aromatic rings. The van der Waals surface area contributed by atoms with Crippen LogP contribution in [0.3, 0.4) is 0 Å². The van der Waals surface area contributed by atoms with Gasteiger partial charge in [0.15, 0.2) is 24.7 Å². The normalized spacial score (nSPS) is 16.3. The van der Waals surface area contributed by atoms with Crippen LogP contribution in [0.4, 0.5) is 0 Å². The van der Waals surface area contributed by atoms with Crippen molar-refractivity contribution in [1.29, 1.82) is 0 Å². The Labute approximate surface area is 484 Å². The minimum atomic E-state index is -1.92. The van der Waals surface area contributed by atoms with E-state index in [9.17, 15) is 81.5 Å². The number of hydrogen-bond donors (Lipinski definition) is 18. The zero-order valence-electron chi connectivity index (χ0n) is 49.0. The van der Waals surface area contributed by atoms with Crippen molar-refractivity contribution in [2.45, 2.75) is 187 Å². The van der Waals surface area contributed by atoms with Gasteiger partial charge in [0, 0.05) is 13.5 Å². The molecule has 0 aliphatic heterocycles. The first-order chi connectivity index (χ1) is 39.2. The lowest BCUT2D eigenvalue weighted by atomic mass is 10.0. The number of primary amides is 1. The van der Waals surface area contributed by atoms with Gasteiger partial charge in [0.05, 0.1) is 30.7 Å². The molecular weight excluding hydrogens is 1110 g/mol. The number of likely N-dealkylation sites (N-methyl/N-ethyl adjacent to an activating group) is 1. The summed E-state index contributed by atoms with van der Waals surface area (Å²) in [5.74, 6) is -12.3. The van der Waals surface area contributed by atoms with Gasteiger partial charge in [-0.05, 0) is 81.1 Å². The number of carbonyl (C=O) groups is 17. The molecule has 13 amide bonds.